The summed E-state index contributed by atoms with van der Waals surface area (Å²) < 4.78 is 24.2. The molecule has 2 amide bonds. The maximum Gasteiger partial charge on any atom is 0.255 e. The van der Waals surface area contributed by atoms with Crippen LogP contribution in [0.3, 0.4) is 0 Å². The van der Waals surface area contributed by atoms with Crippen LogP contribution in [0.15, 0.2) is 60.8 Å². The number of hydrogen-bond acceptors (Lipinski definition) is 6. The highest BCUT2D eigenvalue weighted by molar-refractivity contribution is 5.97. The summed E-state index contributed by atoms with van der Waals surface area (Å²) in [7, 11) is 1.58. The first-order chi connectivity index (χ1) is 23.2. The highest BCUT2D eigenvalue weighted by Crippen LogP contribution is 2.42. The highest BCUT2D eigenvalue weighted by atomic mass is 19.1. The van der Waals surface area contributed by atoms with E-state index in [4.69, 9.17) is 15.6 Å². The van der Waals surface area contributed by atoms with E-state index in [0.29, 0.717) is 42.4 Å². The van der Waals surface area contributed by atoms with Gasteiger partial charge in [0.05, 0.1) is 30.4 Å². The zero-order chi connectivity index (χ0) is 33.3. The third kappa shape index (κ3) is 5.26. The molecule has 0 bridgehead atoms. The molecule has 2 saturated heterocycles. The average molecular weight is 651 g/mol. The number of para-hydroxylation sites is 1. The Morgan fingerprint density at radius 1 is 0.979 bits per heavy atom. The van der Waals surface area contributed by atoms with Crippen molar-refractivity contribution in [3.05, 3.63) is 83.0 Å². The number of alkyl halides is 1. The monoisotopic (exact) mass is 650 g/mol. The lowest BCUT2D eigenvalue weighted by molar-refractivity contribution is 0.0599. The van der Waals surface area contributed by atoms with E-state index in [2.05, 4.69) is 28.8 Å². The van der Waals surface area contributed by atoms with Gasteiger partial charge in [0.2, 0.25) is 0 Å². The molecule has 11 heteroatoms. The number of benzene rings is 2. The van der Waals surface area contributed by atoms with Crippen LogP contribution < -0.4 is 10.5 Å². The van der Waals surface area contributed by atoms with Crippen LogP contribution in [-0.2, 0) is 6.54 Å². The van der Waals surface area contributed by atoms with Gasteiger partial charge in [-0.1, -0.05) is 18.2 Å². The zero-order valence-electron chi connectivity index (χ0n) is 27.1. The predicted octanol–water partition coefficient (Wildman–Crippen LogP) is 5.14. The van der Waals surface area contributed by atoms with Crippen LogP contribution in [0.1, 0.15) is 57.0 Å². The van der Waals surface area contributed by atoms with Gasteiger partial charge in [0.25, 0.3) is 11.8 Å². The van der Waals surface area contributed by atoms with Crippen molar-refractivity contribution >= 4 is 28.2 Å². The van der Waals surface area contributed by atoms with E-state index < -0.39 is 12.2 Å². The van der Waals surface area contributed by atoms with Crippen molar-refractivity contribution in [2.24, 2.45) is 11.7 Å². The third-order valence-electron chi connectivity index (χ3n) is 10.2. The first kappa shape index (κ1) is 30.4. The summed E-state index contributed by atoms with van der Waals surface area (Å²) in [5, 5.41) is 15.8. The molecular weight excluding hydrogens is 611 g/mol. The number of phenolic OH excluding ortho intramolecular Hbond substituents is 1. The molecule has 10 nitrogen and oxygen atoms in total. The molecule has 0 spiro atoms. The number of piperidine rings is 1. The highest BCUT2D eigenvalue weighted by Gasteiger charge is 2.35. The number of phenols is 1. The number of aromatic hydroxyl groups is 1. The van der Waals surface area contributed by atoms with Gasteiger partial charge in [0.1, 0.15) is 28.9 Å². The van der Waals surface area contributed by atoms with Crippen molar-refractivity contribution in [1.82, 2.24) is 24.0 Å². The van der Waals surface area contributed by atoms with E-state index in [9.17, 15) is 19.1 Å². The molecule has 0 unspecified atom stereocenters. The second-order valence-electron chi connectivity index (χ2n) is 13.7. The minimum atomic E-state index is -1.15. The molecule has 3 aromatic heterocycles. The van der Waals surface area contributed by atoms with E-state index in [1.807, 2.05) is 11.8 Å². The maximum atomic E-state index is 14.3. The Labute approximate surface area is 277 Å². The van der Waals surface area contributed by atoms with E-state index >= 15 is 0 Å². The number of pyridine rings is 1. The molecule has 0 radical (unpaired) electrons. The fourth-order valence-corrected chi connectivity index (χ4v) is 7.48. The number of aryl methyl sites for hydroxylation is 1. The lowest BCUT2D eigenvalue weighted by Gasteiger charge is -2.40. The number of ether oxygens (including phenoxy) is 1. The standard InChI is InChI=1S/C37H39FN6O4/c1-21-33(40-44-18-25(13-32(48-2)34(21)44)37(47)42-19-27(38)14-28(39)20-42)31-12-24-4-3-5-30(35(24)43(31)15-22-6-7-22)26-16-41(17-26)36(46)23-8-10-29(45)11-9-23/h3-5,8-13,18,22,26-28,45H,6-7,14-17,19-20,39H2,1-2H3/t27-,28-/m1/s1. The van der Waals surface area contributed by atoms with E-state index in [1.54, 1.807) is 48.2 Å². The number of carbonyl (C=O) groups excluding carboxylic acids is 2. The van der Waals surface area contributed by atoms with Gasteiger partial charge in [0.15, 0.2) is 0 Å². The fourth-order valence-electron chi connectivity index (χ4n) is 7.48. The summed E-state index contributed by atoms with van der Waals surface area (Å²) in [5.41, 5.74) is 12.9. The molecule has 5 aromatic rings. The fraction of sp³-hybridized carbons (Fsp3) is 0.378. The number of rotatable bonds is 7. The van der Waals surface area contributed by atoms with Gasteiger partial charge in [-0.25, -0.2) is 8.91 Å². The third-order valence-corrected chi connectivity index (χ3v) is 10.2. The normalized spacial score (nSPS) is 20.0. The Bertz CT molecular complexity index is 2050. The number of amides is 2. The largest absolute Gasteiger partial charge is 0.508 e. The summed E-state index contributed by atoms with van der Waals surface area (Å²) in [6, 6.07) is 16.3. The molecule has 2 aliphatic heterocycles. The van der Waals surface area contributed by atoms with Crippen molar-refractivity contribution < 1.29 is 23.8 Å². The SMILES string of the molecule is COc1cc(C(=O)N2C[C@H](N)C[C@@H](F)C2)cn2nc(-c3cc4cccc(C5CN(C(=O)c6ccc(O)cc6)C5)c4n3CC3CC3)c(C)c12. The number of hydrogen-bond donors (Lipinski definition) is 2. The molecule has 2 atom stereocenters. The summed E-state index contributed by atoms with van der Waals surface area (Å²) in [5.74, 6) is 1.11. The number of aromatic nitrogens is 3. The van der Waals surface area contributed by atoms with Gasteiger partial charge in [0, 0.05) is 60.8 Å². The molecule has 3 N–H and O–H groups in total. The average Bonchev–Trinajstić information content (AvgIpc) is 3.71. The van der Waals surface area contributed by atoms with Crippen molar-refractivity contribution in [2.45, 2.75) is 50.9 Å². The molecule has 3 fully saturated rings. The van der Waals surface area contributed by atoms with Crippen molar-refractivity contribution in [3.8, 4) is 22.9 Å². The van der Waals surface area contributed by atoms with Crippen molar-refractivity contribution in [3.63, 3.8) is 0 Å². The first-order valence-corrected chi connectivity index (χ1v) is 16.6. The molecule has 1 aliphatic carbocycles. The van der Waals surface area contributed by atoms with Crippen molar-refractivity contribution in [1.29, 1.82) is 0 Å². The summed E-state index contributed by atoms with van der Waals surface area (Å²) in [4.78, 5) is 30.0. The molecule has 8 rings (SSSR count). The van der Waals surface area contributed by atoms with Crippen LogP contribution in [0.4, 0.5) is 4.39 Å². The van der Waals surface area contributed by atoms with E-state index in [1.165, 1.54) is 28.8 Å². The van der Waals surface area contributed by atoms with Gasteiger partial charge < -0.3 is 29.9 Å². The molecular formula is C37H39FN6O4. The number of nitrogens with zero attached hydrogens (tertiary/aromatic N) is 5. The first-order valence-electron chi connectivity index (χ1n) is 16.6. The number of nitrogens with two attached hydrogens (primary N) is 1. The number of methoxy groups -OCH3 is 1. The molecule has 248 valence electrons. The molecule has 2 aromatic carbocycles. The lowest BCUT2D eigenvalue weighted by atomic mass is 9.89. The van der Waals surface area contributed by atoms with E-state index in [0.717, 1.165) is 34.4 Å². The topological polar surface area (TPSA) is 118 Å². The summed E-state index contributed by atoms with van der Waals surface area (Å²) >= 11 is 0. The second kappa shape index (κ2) is 11.7. The van der Waals surface area contributed by atoms with Gasteiger partial charge in [-0.3, -0.25) is 9.59 Å². The quantitative estimate of drug-likeness (QED) is 0.252. The van der Waals surface area contributed by atoms with Crippen LogP contribution in [-0.4, -0.2) is 86.4 Å². The Balaban J connectivity index is 1.16. The van der Waals surface area contributed by atoms with Crippen LogP contribution in [0.5, 0.6) is 11.5 Å². The Morgan fingerprint density at radius 3 is 2.42 bits per heavy atom. The van der Waals surface area contributed by atoms with Crippen LogP contribution in [0.25, 0.3) is 27.8 Å². The van der Waals surface area contributed by atoms with Gasteiger partial charge in [-0.05, 0) is 74.1 Å². The lowest BCUT2D eigenvalue weighted by Crippen LogP contribution is -2.50. The van der Waals surface area contributed by atoms with Crippen LogP contribution >= 0.6 is 0 Å². The Morgan fingerprint density at radius 2 is 1.71 bits per heavy atom. The predicted molar refractivity (Wildman–Crippen MR) is 180 cm³/mol. The molecule has 48 heavy (non-hydrogen) atoms. The summed E-state index contributed by atoms with van der Waals surface area (Å²) in [6.45, 7) is 4.45. The number of likely N-dealkylation sites (tertiary alicyclic amines) is 2. The maximum absolute atomic E-state index is 14.3. The van der Waals surface area contributed by atoms with Gasteiger partial charge in [-0.15, -0.1) is 0 Å². The van der Waals surface area contributed by atoms with Gasteiger partial charge in [-0.2, -0.15) is 5.10 Å². The second-order valence-corrected chi connectivity index (χ2v) is 13.7. The minimum Gasteiger partial charge on any atom is -0.508 e. The number of fused-ring (bicyclic) bond motifs is 2. The number of carbonyl (C=O) groups is 2. The summed E-state index contributed by atoms with van der Waals surface area (Å²) in [6.07, 6.45) is 3.17. The molecule has 3 aliphatic rings. The van der Waals surface area contributed by atoms with Crippen LogP contribution in [0, 0.1) is 12.8 Å². The molecule has 1 saturated carbocycles. The van der Waals surface area contributed by atoms with Gasteiger partial charge >= 0.3 is 0 Å². The Kier molecular flexibility index (Phi) is 7.39. The van der Waals surface area contributed by atoms with E-state index in [-0.39, 0.29) is 36.4 Å². The smallest absolute Gasteiger partial charge is 0.255 e. The van der Waals surface area contributed by atoms with Crippen molar-refractivity contribution in [2.75, 3.05) is 33.3 Å². The van der Waals surface area contributed by atoms with Crippen LogP contribution in [0.2, 0.25) is 0 Å². The zero-order valence-corrected chi connectivity index (χ0v) is 27.1. The molecule has 5 heterocycles. The Hall–Kier alpha value is -4.90. The number of halogens is 1. The minimum absolute atomic E-state index is 0.0175.